The number of nitrogens with zero attached hydrogens (tertiary/aromatic N) is 1. The molecule has 0 spiro atoms. The van der Waals surface area contributed by atoms with E-state index in [0.29, 0.717) is 6.42 Å². The highest BCUT2D eigenvalue weighted by atomic mass is 16.4. The van der Waals surface area contributed by atoms with Crippen molar-refractivity contribution in [3.8, 4) is 0 Å². The van der Waals surface area contributed by atoms with Gasteiger partial charge in [-0.2, -0.15) is 0 Å². The zero-order chi connectivity index (χ0) is 18.4. The highest BCUT2D eigenvalue weighted by Crippen LogP contribution is 2.28. The maximum Gasteiger partial charge on any atom is 0.326 e. The molecule has 2 aliphatic heterocycles. The summed E-state index contributed by atoms with van der Waals surface area (Å²) in [6, 6.07) is -1.96. The third-order valence-corrected chi connectivity index (χ3v) is 4.77. The highest BCUT2D eigenvalue weighted by molar-refractivity contribution is 5.91. The van der Waals surface area contributed by atoms with Crippen LogP contribution in [0.1, 0.15) is 44.9 Å². The molecule has 140 valence electrons. The number of fused-ring (bicyclic) bond motifs is 1. The second-order valence-corrected chi connectivity index (χ2v) is 6.55. The van der Waals surface area contributed by atoms with Crippen molar-refractivity contribution in [2.24, 2.45) is 0 Å². The molecule has 2 saturated heterocycles. The van der Waals surface area contributed by atoms with E-state index in [1.54, 1.807) is 4.90 Å². The van der Waals surface area contributed by atoms with Crippen LogP contribution in [0, 0.1) is 0 Å². The maximum atomic E-state index is 12.6. The van der Waals surface area contributed by atoms with Crippen molar-refractivity contribution < 1.29 is 29.4 Å². The number of nitrogens with one attached hydrogen (secondary N) is 2. The van der Waals surface area contributed by atoms with E-state index in [1.807, 2.05) is 0 Å². The normalized spacial score (nSPS) is 25.3. The Morgan fingerprint density at radius 2 is 1.96 bits per heavy atom. The summed E-state index contributed by atoms with van der Waals surface area (Å²) < 4.78 is 0. The van der Waals surface area contributed by atoms with Crippen molar-refractivity contribution in [2.75, 3.05) is 13.1 Å². The van der Waals surface area contributed by atoms with E-state index in [2.05, 4.69) is 10.6 Å². The second-order valence-electron chi connectivity index (χ2n) is 6.55. The van der Waals surface area contributed by atoms with Crippen LogP contribution >= 0.6 is 0 Å². The predicted molar refractivity (Wildman–Crippen MR) is 86.8 cm³/mol. The van der Waals surface area contributed by atoms with Crippen molar-refractivity contribution in [3.63, 3.8) is 0 Å². The fraction of sp³-hybridized carbons (Fsp3) is 0.750. The van der Waals surface area contributed by atoms with Gasteiger partial charge in [0.05, 0.1) is 6.54 Å². The van der Waals surface area contributed by atoms with Crippen LogP contribution in [-0.4, -0.2) is 70.1 Å². The van der Waals surface area contributed by atoms with Gasteiger partial charge in [-0.1, -0.05) is 6.42 Å². The quantitative estimate of drug-likeness (QED) is 0.507. The minimum atomic E-state index is -1.28. The minimum Gasteiger partial charge on any atom is -0.481 e. The number of carbonyl (C=O) groups is 4. The molecule has 0 bridgehead atoms. The smallest absolute Gasteiger partial charge is 0.326 e. The summed E-state index contributed by atoms with van der Waals surface area (Å²) in [7, 11) is 0. The molecule has 0 aromatic heterocycles. The zero-order valence-electron chi connectivity index (χ0n) is 14.1. The van der Waals surface area contributed by atoms with Gasteiger partial charge in [-0.25, -0.2) is 4.79 Å². The van der Waals surface area contributed by atoms with Crippen LogP contribution in [-0.2, 0) is 19.2 Å². The summed E-state index contributed by atoms with van der Waals surface area (Å²) in [5, 5.41) is 23.3. The molecular weight excluding hydrogens is 330 g/mol. The van der Waals surface area contributed by atoms with Gasteiger partial charge in [-0.3, -0.25) is 14.4 Å². The Balaban J connectivity index is 2.04. The first-order valence-electron chi connectivity index (χ1n) is 8.67. The summed E-state index contributed by atoms with van der Waals surface area (Å²) in [5.41, 5.74) is 0. The molecule has 3 atom stereocenters. The first-order chi connectivity index (χ1) is 11.9. The fourth-order valence-corrected chi connectivity index (χ4v) is 3.51. The minimum absolute atomic E-state index is 0.00504. The van der Waals surface area contributed by atoms with Crippen LogP contribution in [0.15, 0.2) is 0 Å². The lowest BCUT2D eigenvalue weighted by atomic mass is 10.1. The van der Waals surface area contributed by atoms with Crippen LogP contribution in [0.4, 0.5) is 0 Å². The van der Waals surface area contributed by atoms with Gasteiger partial charge in [0.1, 0.15) is 12.1 Å². The monoisotopic (exact) mass is 355 g/mol. The van der Waals surface area contributed by atoms with E-state index >= 15 is 0 Å². The molecule has 2 fully saturated rings. The Bertz CT molecular complexity index is 538. The maximum absolute atomic E-state index is 12.6. The Labute approximate surface area is 145 Å². The largest absolute Gasteiger partial charge is 0.481 e. The van der Waals surface area contributed by atoms with E-state index in [9.17, 15) is 24.3 Å². The van der Waals surface area contributed by atoms with Crippen molar-refractivity contribution in [3.05, 3.63) is 0 Å². The molecule has 2 heterocycles. The number of carboxylic acid groups (broad SMARTS) is 2. The van der Waals surface area contributed by atoms with Gasteiger partial charge in [-0.05, 0) is 38.6 Å². The molecule has 0 aliphatic carbocycles. The third-order valence-electron chi connectivity index (χ3n) is 4.77. The average Bonchev–Trinajstić information content (AvgIpc) is 2.99. The number of rotatable bonds is 6. The topological polar surface area (TPSA) is 136 Å². The van der Waals surface area contributed by atoms with Crippen molar-refractivity contribution >= 4 is 23.8 Å². The van der Waals surface area contributed by atoms with E-state index in [0.717, 1.165) is 32.2 Å². The molecule has 4 N–H and O–H groups in total. The van der Waals surface area contributed by atoms with E-state index in [1.165, 1.54) is 0 Å². The number of carboxylic acids is 2. The summed E-state index contributed by atoms with van der Waals surface area (Å²) in [4.78, 5) is 48.5. The third kappa shape index (κ3) is 5.15. The van der Waals surface area contributed by atoms with Gasteiger partial charge >= 0.3 is 11.9 Å². The molecule has 0 radical (unpaired) electrons. The lowest BCUT2D eigenvalue weighted by Gasteiger charge is -2.30. The van der Waals surface area contributed by atoms with Gasteiger partial charge in [0, 0.05) is 12.5 Å². The fourth-order valence-electron chi connectivity index (χ4n) is 3.51. The Hall–Kier alpha value is -2.16. The van der Waals surface area contributed by atoms with Crippen LogP contribution < -0.4 is 10.6 Å². The van der Waals surface area contributed by atoms with E-state index < -0.39 is 29.9 Å². The summed E-state index contributed by atoms with van der Waals surface area (Å²) in [6.07, 6.45) is 3.44. The van der Waals surface area contributed by atoms with Gasteiger partial charge in [0.2, 0.25) is 11.8 Å². The molecule has 25 heavy (non-hydrogen) atoms. The van der Waals surface area contributed by atoms with Gasteiger partial charge in [-0.15, -0.1) is 0 Å². The van der Waals surface area contributed by atoms with Gasteiger partial charge in [0.15, 0.2) is 0 Å². The van der Waals surface area contributed by atoms with Crippen LogP contribution in [0.3, 0.4) is 0 Å². The molecule has 0 aromatic rings. The van der Waals surface area contributed by atoms with Crippen molar-refractivity contribution in [2.45, 2.75) is 63.1 Å². The second kappa shape index (κ2) is 8.80. The molecule has 2 rings (SSSR count). The van der Waals surface area contributed by atoms with Crippen molar-refractivity contribution in [1.29, 1.82) is 0 Å². The van der Waals surface area contributed by atoms with Crippen molar-refractivity contribution in [1.82, 2.24) is 15.5 Å². The molecule has 2 aliphatic rings. The number of hydrogen-bond acceptors (Lipinski definition) is 5. The molecule has 0 unspecified atom stereocenters. The van der Waals surface area contributed by atoms with Gasteiger partial charge in [0.25, 0.3) is 0 Å². The predicted octanol–water partition coefficient (Wildman–Crippen LogP) is -0.446. The lowest BCUT2D eigenvalue weighted by molar-refractivity contribution is -0.145. The molecule has 9 heteroatoms. The first kappa shape index (κ1) is 19.2. The Kier molecular flexibility index (Phi) is 6.74. The molecule has 0 saturated carbocycles. The lowest BCUT2D eigenvalue weighted by Crippen LogP contribution is -2.53. The number of hydrogen-bond donors (Lipinski definition) is 4. The zero-order valence-corrected chi connectivity index (χ0v) is 14.1. The Morgan fingerprint density at radius 3 is 2.64 bits per heavy atom. The summed E-state index contributed by atoms with van der Waals surface area (Å²) in [5.74, 6) is -3.07. The molecule has 2 amide bonds. The Morgan fingerprint density at radius 1 is 1.20 bits per heavy atom. The van der Waals surface area contributed by atoms with Crippen LogP contribution in [0.2, 0.25) is 0 Å². The summed E-state index contributed by atoms with van der Waals surface area (Å²) >= 11 is 0. The first-order valence-corrected chi connectivity index (χ1v) is 8.67. The number of aliphatic carboxylic acids is 2. The van der Waals surface area contributed by atoms with Crippen LogP contribution in [0.25, 0.3) is 0 Å². The van der Waals surface area contributed by atoms with Crippen LogP contribution in [0.5, 0.6) is 0 Å². The van der Waals surface area contributed by atoms with E-state index in [-0.39, 0.29) is 31.3 Å². The molecule has 9 nitrogen and oxygen atoms in total. The number of amides is 2. The SMILES string of the molecule is O=C(O)CC[C@H](NC(=O)[C@@H]1CC[C@@H]2CCCCNCC(=O)N21)C(=O)O. The number of carbonyl (C=O) groups excluding carboxylic acids is 2. The standard InChI is InChI=1S/C16H25N3O6/c20-13-9-17-8-2-1-3-10-4-6-12(19(10)13)15(23)18-11(16(24)25)5-7-14(21)22/h10-12,17H,1-9H2,(H,18,23)(H,21,22)(H,24,25)/t10-,11-,12-/m0/s1. The molecule has 0 aromatic carbocycles. The highest BCUT2D eigenvalue weighted by Gasteiger charge is 2.41. The summed E-state index contributed by atoms with van der Waals surface area (Å²) in [6.45, 7) is 0.932. The molecular formula is C16H25N3O6. The van der Waals surface area contributed by atoms with E-state index in [4.69, 9.17) is 5.11 Å². The average molecular weight is 355 g/mol. The van der Waals surface area contributed by atoms with Gasteiger partial charge < -0.3 is 25.7 Å².